The van der Waals surface area contributed by atoms with E-state index in [9.17, 15) is 0 Å². The Kier molecular flexibility index (Phi) is 36.6. The van der Waals surface area contributed by atoms with Gasteiger partial charge in [0.15, 0.2) is 0 Å². The minimum Gasteiger partial charge on any atom is -0.668 e. The maximum atomic E-state index is 4.08. The van der Waals surface area contributed by atoms with Crippen LogP contribution in [-0.2, 0) is 26.2 Å². The van der Waals surface area contributed by atoms with Gasteiger partial charge in [0.25, 0.3) is 0 Å². The van der Waals surface area contributed by atoms with Gasteiger partial charge in [0, 0.05) is 10.1 Å². The second kappa shape index (κ2) is 23.7. The van der Waals surface area contributed by atoms with Gasteiger partial charge in [-0.15, -0.1) is 5.88 Å². The average Bonchev–Trinajstić information content (AvgIpc) is 2.63. The summed E-state index contributed by atoms with van der Waals surface area (Å²) in [5.74, 6) is 0.965. The summed E-state index contributed by atoms with van der Waals surface area (Å²) in [4.78, 5) is 0.749. The Morgan fingerprint density at radius 3 is 1.78 bits per heavy atom. The van der Waals surface area contributed by atoms with Gasteiger partial charge in [0.2, 0.25) is 0 Å². The maximum Gasteiger partial charge on any atom is 4.00 e. The van der Waals surface area contributed by atoms with Crippen LogP contribution in [0.15, 0.2) is 0 Å². The molecule has 2 unspecified atom stereocenters. The normalized spacial score (nSPS) is 20.3. The van der Waals surface area contributed by atoms with E-state index in [0.717, 1.165) is 16.0 Å². The first-order valence-electron chi connectivity index (χ1n) is 5.44. The van der Waals surface area contributed by atoms with E-state index in [0.29, 0.717) is 0 Å². The van der Waals surface area contributed by atoms with E-state index in [2.05, 4.69) is 31.9 Å². The molecule has 0 saturated heterocycles. The fourth-order valence-corrected chi connectivity index (χ4v) is 3.30. The molecule has 6 heteroatoms. The molecule has 1 saturated carbocycles. The summed E-state index contributed by atoms with van der Waals surface area (Å²) in [5.41, 5.74) is 0. The van der Waals surface area contributed by atoms with Gasteiger partial charge in [-0.1, -0.05) is 22.4 Å². The number of halogens is 1. The van der Waals surface area contributed by atoms with Crippen LogP contribution in [0.2, 0.25) is 0 Å². The predicted molar refractivity (Wildman–Crippen MR) is 88.9 cm³/mol. The zero-order chi connectivity index (χ0) is 12.8. The number of hydrogen-bond donors (Lipinski definition) is 0. The van der Waals surface area contributed by atoms with Crippen LogP contribution in [0.5, 0.6) is 0 Å². The van der Waals surface area contributed by atoms with E-state index in [-0.39, 0.29) is 33.6 Å². The van der Waals surface area contributed by atoms with Gasteiger partial charge < -0.3 is 23.4 Å². The molecule has 3 nitrogen and oxygen atoms in total. The molecular weight excluding hydrogens is 389 g/mol. The molecule has 1 rings (SSSR count). The predicted octanol–water partition coefficient (Wildman–Crippen LogP) is 4.68. The SMILES string of the molecule is C[N-]C.C[N-]C.C[N-]CSC1CCCC1Br.[CH3-].[Zr+4]. The molecule has 1 fully saturated rings. The molecule has 0 heterocycles. The molecule has 0 aromatic heterocycles. The number of hydrogen-bond acceptors (Lipinski definition) is 1. The van der Waals surface area contributed by atoms with Crippen molar-refractivity contribution >= 4 is 27.7 Å². The molecule has 2 atom stereocenters. The Labute approximate surface area is 147 Å². The van der Waals surface area contributed by atoms with Gasteiger partial charge in [-0.25, -0.2) is 0 Å². The van der Waals surface area contributed by atoms with Crippen molar-refractivity contribution < 1.29 is 26.2 Å². The van der Waals surface area contributed by atoms with Crippen molar-refractivity contribution in [3.63, 3.8) is 0 Å². The van der Waals surface area contributed by atoms with Crippen LogP contribution in [0.4, 0.5) is 0 Å². The monoisotopic (exact) mass is 415 g/mol. The van der Waals surface area contributed by atoms with Crippen LogP contribution in [0, 0.1) is 7.43 Å². The Hall–Kier alpha value is 1.59. The molecule has 1 aliphatic rings. The summed E-state index contributed by atoms with van der Waals surface area (Å²) in [6.07, 6.45) is 4.11. The van der Waals surface area contributed by atoms with Gasteiger partial charge in [0.05, 0.1) is 0 Å². The largest absolute Gasteiger partial charge is 4.00 e. The van der Waals surface area contributed by atoms with Crippen molar-refractivity contribution in [1.29, 1.82) is 0 Å². The average molecular weight is 418 g/mol. The fraction of sp³-hybridized carbons (Fsp3) is 0.917. The minimum absolute atomic E-state index is 0. The van der Waals surface area contributed by atoms with E-state index < -0.39 is 0 Å². The van der Waals surface area contributed by atoms with Gasteiger partial charge in [-0.2, -0.15) is 47.0 Å². The Balaban J connectivity index is -0.000000106. The smallest absolute Gasteiger partial charge is 0.668 e. The quantitative estimate of drug-likeness (QED) is 0.485. The second-order valence-corrected chi connectivity index (χ2v) is 5.86. The summed E-state index contributed by atoms with van der Waals surface area (Å²) in [7, 11) is 8.88. The van der Waals surface area contributed by atoms with Gasteiger partial charge in [0.1, 0.15) is 0 Å². The summed E-state index contributed by atoms with van der Waals surface area (Å²) in [6, 6.07) is 0. The molecule has 0 N–H and O–H groups in total. The van der Waals surface area contributed by atoms with Crippen LogP contribution in [0.25, 0.3) is 16.0 Å². The van der Waals surface area contributed by atoms with Crippen molar-refractivity contribution in [3.8, 4) is 0 Å². The number of nitrogens with zero attached hydrogens (tertiary/aromatic N) is 3. The van der Waals surface area contributed by atoms with Crippen molar-refractivity contribution in [2.45, 2.75) is 29.3 Å². The molecule has 0 amide bonds. The molecule has 0 spiro atoms. The third-order valence-corrected chi connectivity index (χ3v) is 4.64. The Bertz CT molecular complexity index is 132. The summed E-state index contributed by atoms with van der Waals surface area (Å²) < 4.78 is 0. The molecule has 0 aromatic rings. The van der Waals surface area contributed by atoms with E-state index in [1.165, 1.54) is 19.3 Å². The topological polar surface area (TPSA) is 42.3 Å². The molecule has 108 valence electrons. The van der Waals surface area contributed by atoms with Crippen LogP contribution in [0.1, 0.15) is 19.3 Å². The first kappa shape index (κ1) is 27.9. The van der Waals surface area contributed by atoms with E-state index in [4.69, 9.17) is 0 Å². The minimum atomic E-state index is 0. The third-order valence-electron chi connectivity index (χ3n) is 1.79. The standard InChI is InChI=1S/C7H13BrNS.2C2H6N.CH3.Zr/c1-9-5-10-7-4-2-3-6(7)8;2*1-3-2;;/h6-7H,2-5H2,1H3;2*1-2H3;1H3;/q4*-1;+4. The van der Waals surface area contributed by atoms with Crippen LogP contribution in [0.3, 0.4) is 0 Å². The van der Waals surface area contributed by atoms with Gasteiger partial charge >= 0.3 is 26.2 Å². The molecule has 0 aliphatic heterocycles. The summed E-state index contributed by atoms with van der Waals surface area (Å²) in [5, 5.41) is 11.9. The molecule has 0 aromatic carbocycles. The van der Waals surface area contributed by atoms with Crippen LogP contribution < -0.4 is 0 Å². The first-order chi connectivity index (χ1) is 7.67. The number of thioether (sulfide) groups is 1. The zero-order valence-electron chi connectivity index (χ0n) is 12.6. The van der Waals surface area contributed by atoms with Gasteiger partial charge in [-0.3, -0.25) is 0 Å². The second-order valence-electron chi connectivity index (χ2n) is 3.49. The van der Waals surface area contributed by atoms with Crippen molar-refractivity contribution in [1.82, 2.24) is 0 Å². The molecule has 18 heavy (non-hydrogen) atoms. The summed E-state index contributed by atoms with van der Waals surface area (Å²) >= 11 is 5.65. The van der Waals surface area contributed by atoms with E-state index in [1.807, 2.05) is 18.8 Å². The van der Waals surface area contributed by atoms with Crippen molar-refractivity contribution in [2.24, 2.45) is 0 Å². The third kappa shape index (κ3) is 19.9. The molecule has 0 bridgehead atoms. The Morgan fingerprint density at radius 2 is 1.50 bits per heavy atom. The van der Waals surface area contributed by atoms with Crippen LogP contribution in [-0.4, -0.2) is 51.2 Å². The molecular formula is C12H28BrN3SZr. The zero-order valence-corrected chi connectivity index (χ0v) is 17.5. The Morgan fingerprint density at radius 1 is 1.06 bits per heavy atom. The van der Waals surface area contributed by atoms with Crippen LogP contribution >= 0.6 is 27.7 Å². The fourth-order valence-electron chi connectivity index (χ4n) is 1.24. The number of rotatable bonds is 3. The van der Waals surface area contributed by atoms with Crippen molar-refractivity contribution in [2.75, 3.05) is 41.1 Å². The van der Waals surface area contributed by atoms with Crippen molar-refractivity contribution in [3.05, 3.63) is 23.4 Å². The molecule has 0 radical (unpaired) electrons. The van der Waals surface area contributed by atoms with Gasteiger partial charge in [-0.05, 0) is 12.8 Å². The maximum absolute atomic E-state index is 4.08. The van der Waals surface area contributed by atoms with E-state index in [1.54, 1.807) is 28.2 Å². The molecule has 1 aliphatic carbocycles. The summed E-state index contributed by atoms with van der Waals surface area (Å²) in [6.45, 7) is 0. The first-order valence-corrected chi connectivity index (χ1v) is 7.41. The number of alkyl halides is 1. The van der Waals surface area contributed by atoms with E-state index >= 15 is 0 Å².